The topological polar surface area (TPSA) is 82.6 Å². The molecule has 0 saturated carbocycles. The summed E-state index contributed by atoms with van der Waals surface area (Å²) in [5.41, 5.74) is 2.24. The van der Waals surface area contributed by atoms with Crippen molar-refractivity contribution in [1.29, 1.82) is 0 Å². The lowest BCUT2D eigenvalue weighted by Gasteiger charge is -2.15. The van der Waals surface area contributed by atoms with Crippen LogP contribution in [0, 0.1) is 5.92 Å². The van der Waals surface area contributed by atoms with Crippen molar-refractivity contribution in [3.8, 4) is 28.6 Å². The van der Waals surface area contributed by atoms with Crippen molar-refractivity contribution in [1.82, 2.24) is 15.3 Å². The number of hydrogen-bond acceptors (Lipinski definition) is 6. The monoisotopic (exact) mass is 379 g/mol. The molecule has 1 saturated heterocycles. The van der Waals surface area contributed by atoms with E-state index in [4.69, 9.17) is 19.2 Å². The summed E-state index contributed by atoms with van der Waals surface area (Å²) < 4.78 is 17.0. The number of pyridine rings is 2. The Bertz CT molecular complexity index is 1020. The van der Waals surface area contributed by atoms with Crippen LogP contribution < -0.4 is 19.5 Å². The largest absolute Gasteiger partial charge is 0.493 e. The number of para-hydroxylation sites is 1. The Morgan fingerprint density at radius 3 is 2.82 bits per heavy atom. The Morgan fingerprint density at radius 1 is 1.18 bits per heavy atom. The summed E-state index contributed by atoms with van der Waals surface area (Å²) in [6, 6.07) is 11.3. The van der Waals surface area contributed by atoms with E-state index in [1.165, 1.54) is 0 Å². The Kier molecular flexibility index (Phi) is 4.97. The minimum Gasteiger partial charge on any atom is -0.493 e. The second-order valence-corrected chi connectivity index (χ2v) is 6.61. The quantitative estimate of drug-likeness (QED) is 0.709. The SMILES string of the molecule is COc1cccc(-c2cc3ncccc3c(OC[C@H]3CNC(=O)C3)n2)c1OC. The Labute approximate surface area is 162 Å². The molecule has 7 heteroatoms. The van der Waals surface area contributed by atoms with Crippen LogP contribution in [0.5, 0.6) is 17.4 Å². The van der Waals surface area contributed by atoms with Crippen LogP contribution in [0.2, 0.25) is 0 Å². The van der Waals surface area contributed by atoms with Crippen LogP contribution in [0.25, 0.3) is 22.2 Å². The highest BCUT2D eigenvalue weighted by atomic mass is 16.5. The fourth-order valence-electron chi connectivity index (χ4n) is 3.36. The summed E-state index contributed by atoms with van der Waals surface area (Å²) in [5.74, 6) is 1.91. The molecule has 1 fully saturated rings. The molecule has 1 aliphatic heterocycles. The Hall–Kier alpha value is -3.35. The summed E-state index contributed by atoms with van der Waals surface area (Å²) in [4.78, 5) is 20.6. The zero-order valence-corrected chi connectivity index (χ0v) is 15.8. The first-order valence-electron chi connectivity index (χ1n) is 9.06. The number of rotatable bonds is 6. The molecule has 144 valence electrons. The first-order valence-corrected chi connectivity index (χ1v) is 9.06. The second kappa shape index (κ2) is 7.72. The number of carbonyl (C=O) groups excluding carboxylic acids is 1. The first-order chi connectivity index (χ1) is 13.7. The van der Waals surface area contributed by atoms with E-state index in [-0.39, 0.29) is 11.8 Å². The van der Waals surface area contributed by atoms with Crippen molar-refractivity contribution < 1.29 is 19.0 Å². The number of amides is 1. The van der Waals surface area contributed by atoms with Crippen molar-refractivity contribution in [3.05, 3.63) is 42.6 Å². The zero-order valence-electron chi connectivity index (χ0n) is 15.8. The average Bonchev–Trinajstić information content (AvgIpc) is 3.16. The Balaban J connectivity index is 1.75. The molecule has 1 amide bonds. The van der Waals surface area contributed by atoms with Gasteiger partial charge in [-0.1, -0.05) is 6.07 Å². The number of carbonyl (C=O) groups is 1. The molecule has 0 aliphatic carbocycles. The van der Waals surface area contributed by atoms with E-state index in [9.17, 15) is 4.79 Å². The molecule has 3 heterocycles. The zero-order chi connectivity index (χ0) is 19.5. The highest BCUT2D eigenvalue weighted by molar-refractivity contribution is 5.88. The third-order valence-corrected chi connectivity index (χ3v) is 4.76. The molecule has 0 radical (unpaired) electrons. The fourth-order valence-corrected chi connectivity index (χ4v) is 3.36. The molecule has 28 heavy (non-hydrogen) atoms. The fraction of sp³-hybridized carbons (Fsp3) is 0.286. The summed E-state index contributed by atoms with van der Waals surface area (Å²) in [6.07, 6.45) is 2.21. The van der Waals surface area contributed by atoms with Crippen molar-refractivity contribution in [2.75, 3.05) is 27.4 Å². The van der Waals surface area contributed by atoms with Crippen LogP contribution in [0.3, 0.4) is 0 Å². The number of methoxy groups -OCH3 is 2. The van der Waals surface area contributed by atoms with Gasteiger partial charge >= 0.3 is 0 Å². The van der Waals surface area contributed by atoms with Crippen LogP contribution in [0.15, 0.2) is 42.6 Å². The number of nitrogens with zero attached hydrogens (tertiary/aromatic N) is 2. The van der Waals surface area contributed by atoms with E-state index in [1.54, 1.807) is 20.4 Å². The molecule has 0 unspecified atom stereocenters. The number of ether oxygens (including phenoxy) is 3. The molecule has 3 aromatic rings. The predicted molar refractivity (Wildman–Crippen MR) is 105 cm³/mol. The lowest BCUT2D eigenvalue weighted by atomic mass is 10.1. The Morgan fingerprint density at radius 2 is 2.07 bits per heavy atom. The van der Waals surface area contributed by atoms with Gasteiger partial charge in [0.25, 0.3) is 0 Å². The number of aromatic nitrogens is 2. The van der Waals surface area contributed by atoms with Gasteiger partial charge in [-0.3, -0.25) is 9.78 Å². The summed E-state index contributed by atoms with van der Waals surface area (Å²) in [6.45, 7) is 1.03. The van der Waals surface area contributed by atoms with Gasteiger partial charge in [-0.15, -0.1) is 0 Å². The van der Waals surface area contributed by atoms with Gasteiger partial charge in [-0.2, -0.15) is 0 Å². The van der Waals surface area contributed by atoms with Crippen LogP contribution >= 0.6 is 0 Å². The van der Waals surface area contributed by atoms with Crippen molar-refractivity contribution in [2.45, 2.75) is 6.42 Å². The van der Waals surface area contributed by atoms with Gasteiger partial charge < -0.3 is 19.5 Å². The van der Waals surface area contributed by atoms with Gasteiger partial charge in [-0.25, -0.2) is 4.98 Å². The second-order valence-electron chi connectivity index (χ2n) is 6.61. The number of fused-ring (bicyclic) bond motifs is 1. The maximum Gasteiger partial charge on any atom is 0.223 e. The molecule has 1 aliphatic rings. The van der Waals surface area contributed by atoms with Crippen molar-refractivity contribution in [3.63, 3.8) is 0 Å². The molecule has 0 spiro atoms. The minimum atomic E-state index is 0.0583. The third-order valence-electron chi connectivity index (χ3n) is 4.76. The van der Waals surface area contributed by atoms with Crippen LogP contribution in [0.1, 0.15) is 6.42 Å². The summed E-state index contributed by atoms with van der Waals surface area (Å²) >= 11 is 0. The van der Waals surface area contributed by atoms with Gasteiger partial charge in [0.1, 0.15) is 0 Å². The lowest BCUT2D eigenvalue weighted by molar-refractivity contribution is -0.119. The van der Waals surface area contributed by atoms with Crippen LogP contribution in [0.4, 0.5) is 0 Å². The first kappa shape index (κ1) is 18.0. The molecule has 1 atom stereocenters. The van der Waals surface area contributed by atoms with E-state index >= 15 is 0 Å². The van der Waals surface area contributed by atoms with E-state index in [0.717, 1.165) is 16.5 Å². The number of nitrogens with one attached hydrogen (secondary N) is 1. The highest BCUT2D eigenvalue weighted by Crippen LogP contribution is 2.39. The van der Waals surface area contributed by atoms with E-state index in [1.807, 2.05) is 36.4 Å². The standard InChI is InChI=1S/C21H21N3O4/c1-26-18-7-3-5-14(20(18)27-2)17-10-16-15(6-4-8-22-16)21(24-17)28-12-13-9-19(25)23-11-13/h3-8,10,13H,9,11-12H2,1-2H3,(H,23,25)/t13-/m1/s1. The van der Waals surface area contributed by atoms with Gasteiger partial charge in [0.2, 0.25) is 11.8 Å². The molecular formula is C21H21N3O4. The molecule has 7 nitrogen and oxygen atoms in total. The number of benzene rings is 1. The smallest absolute Gasteiger partial charge is 0.223 e. The maximum absolute atomic E-state index is 11.4. The summed E-state index contributed by atoms with van der Waals surface area (Å²) in [7, 11) is 3.20. The van der Waals surface area contributed by atoms with Gasteiger partial charge in [-0.05, 0) is 30.3 Å². The summed E-state index contributed by atoms with van der Waals surface area (Å²) in [5, 5.41) is 3.65. The molecule has 4 rings (SSSR count). The molecule has 1 N–H and O–H groups in total. The molecule has 2 aromatic heterocycles. The molecular weight excluding hydrogens is 358 g/mol. The third kappa shape index (κ3) is 3.43. The normalized spacial score (nSPS) is 16.1. The van der Waals surface area contributed by atoms with E-state index in [0.29, 0.717) is 42.6 Å². The molecule has 0 bridgehead atoms. The van der Waals surface area contributed by atoms with Gasteiger partial charge in [0.15, 0.2) is 11.5 Å². The minimum absolute atomic E-state index is 0.0583. The number of hydrogen-bond donors (Lipinski definition) is 1. The van der Waals surface area contributed by atoms with Crippen LogP contribution in [-0.4, -0.2) is 43.2 Å². The molecule has 1 aromatic carbocycles. The predicted octanol–water partition coefficient (Wildman–Crippen LogP) is 2.83. The van der Waals surface area contributed by atoms with E-state index < -0.39 is 0 Å². The highest BCUT2D eigenvalue weighted by Gasteiger charge is 2.23. The van der Waals surface area contributed by atoms with Gasteiger partial charge in [0.05, 0.1) is 37.4 Å². The average molecular weight is 379 g/mol. The van der Waals surface area contributed by atoms with Crippen LogP contribution in [-0.2, 0) is 4.79 Å². The van der Waals surface area contributed by atoms with Gasteiger partial charge in [0, 0.05) is 30.6 Å². The lowest BCUT2D eigenvalue weighted by Crippen LogP contribution is -2.17. The van der Waals surface area contributed by atoms with E-state index in [2.05, 4.69) is 10.3 Å². The van der Waals surface area contributed by atoms with Crippen molar-refractivity contribution >= 4 is 16.8 Å². The van der Waals surface area contributed by atoms with Crippen molar-refractivity contribution in [2.24, 2.45) is 5.92 Å². The maximum atomic E-state index is 11.4.